The number of primary sulfonamides is 1. The molecule has 0 saturated heterocycles. The van der Waals surface area contributed by atoms with Gasteiger partial charge in [-0.2, -0.15) is 0 Å². The summed E-state index contributed by atoms with van der Waals surface area (Å²) in [6.07, 6.45) is 10.6. The normalized spacial score (nSPS) is 29.5. The summed E-state index contributed by atoms with van der Waals surface area (Å²) in [6.45, 7) is 0.872. The minimum absolute atomic E-state index is 0.0731. The number of hydrogen-bond acceptors (Lipinski definition) is 5. The molecule has 2 aliphatic carbocycles. The van der Waals surface area contributed by atoms with Crippen molar-refractivity contribution in [1.82, 2.24) is 0 Å². The van der Waals surface area contributed by atoms with Crippen molar-refractivity contribution in [3.8, 4) is 0 Å². The largest absolute Gasteiger partial charge is 0.363 e. The average molecular weight is 450 g/mol. The molecule has 164 valence electrons. The first-order chi connectivity index (χ1) is 15.3. The van der Waals surface area contributed by atoms with E-state index >= 15 is 0 Å². The summed E-state index contributed by atoms with van der Waals surface area (Å²) >= 11 is 0. The number of anilines is 1. The highest BCUT2D eigenvalue weighted by Crippen LogP contribution is 2.59. The Balaban J connectivity index is 1.57. The van der Waals surface area contributed by atoms with E-state index < -0.39 is 10.0 Å². The molecule has 0 bridgehead atoms. The molecular formula is C24H23N3O4S. The van der Waals surface area contributed by atoms with Crippen LogP contribution in [-0.2, 0) is 10.0 Å². The number of nitrogens with two attached hydrogens (primary N) is 1. The molecule has 6 rings (SSSR count). The molecule has 4 aliphatic rings. The first-order valence-electron chi connectivity index (χ1n) is 10.9. The van der Waals surface area contributed by atoms with Crippen LogP contribution < -0.4 is 10.0 Å². The molecule has 0 spiro atoms. The predicted octanol–water partition coefficient (Wildman–Crippen LogP) is 4.14. The summed E-state index contributed by atoms with van der Waals surface area (Å²) in [5, 5.41) is 16.7. The lowest BCUT2D eigenvalue weighted by Gasteiger charge is -2.51. The van der Waals surface area contributed by atoms with Gasteiger partial charge in [0.25, 0.3) is 5.69 Å². The Hall–Kier alpha value is -2.97. The monoisotopic (exact) mass is 449 g/mol. The molecule has 8 heteroatoms. The van der Waals surface area contributed by atoms with Crippen LogP contribution in [0.5, 0.6) is 0 Å². The Kier molecular flexibility index (Phi) is 4.16. The van der Waals surface area contributed by atoms with Crippen LogP contribution in [0.4, 0.5) is 11.4 Å². The van der Waals surface area contributed by atoms with Crippen LogP contribution in [0.25, 0.3) is 0 Å². The number of nitrogens with zero attached hydrogens (tertiary/aromatic N) is 2. The summed E-state index contributed by atoms with van der Waals surface area (Å²) in [5.74, 6) is 0.876. The summed E-state index contributed by atoms with van der Waals surface area (Å²) in [7, 11) is -3.83. The number of nitro groups is 1. The number of allylic oxidation sites excluding steroid dienone is 4. The number of sulfonamides is 1. The van der Waals surface area contributed by atoms with Crippen molar-refractivity contribution in [3.63, 3.8) is 0 Å². The van der Waals surface area contributed by atoms with E-state index in [4.69, 9.17) is 5.14 Å². The van der Waals surface area contributed by atoms with Crippen molar-refractivity contribution in [2.45, 2.75) is 35.6 Å². The first kappa shape index (κ1) is 19.7. The van der Waals surface area contributed by atoms with E-state index in [-0.39, 0.29) is 39.3 Å². The Labute approximate surface area is 186 Å². The van der Waals surface area contributed by atoms with Crippen LogP contribution in [-0.4, -0.2) is 19.9 Å². The Morgan fingerprint density at radius 1 is 1.00 bits per heavy atom. The summed E-state index contributed by atoms with van der Waals surface area (Å²) in [6, 6.07) is 10.5. The number of hydrogen-bond donors (Lipinski definition) is 1. The molecule has 2 aromatic rings. The van der Waals surface area contributed by atoms with Crippen molar-refractivity contribution >= 4 is 21.4 Å². The maximum Gasteiger partial charge on any atom is 0.269 e. The number of rotatable bonds is 3. The first-order valence-corrected chi connectivity index (χ1v) is 12.4. The fourth-order valence-electron chi connectivity index (χ4n) is 6.28. The molecule has 2 aromatic carbocycles. The van der Waals surface area contributed by atoms with Crippen molar-refractivity contribution in [2.75, 3.05) is 11.4 Å². The smallest absolute Gasteiger partial charge is 0.269 e. The van der Waals surface area contributed by atoms with Crippen molar-refractivity contribution in [1.29, 1.82) is 0 Å². The molecule has 2 aliphatic heterocycles. The van der Waals surface area contributed by atoms with E-state index in [1.165, 1.54) is 0 Å². The molecule has 2 N–H and O–H groups in total. The van der Waals surface area contributed by atoms with Gasteiger partial charge in [-0.05, 0) is 53.5 Å². The second-order valence-electron chi connectivity index (χ2n) is 9.24. The summed E-state index contributed by atoms with van der Waals surface area (Å²) in [4.78, 5) is 13.4. The van der Waals surface area contributed by atoms with Gasteiger partial charge in [-0.1, -0.05) is 36.4 Å². The topological polar surface area (TPSA) is 107 Å². The Bertz CT molecular complexity index is 1280. The maximum absolute atomic E-state index is 12.3. The van der Waals surface area contributed by atoms with Gasteiger partial charge in [0.05, 0.1) is 15.9 Å². The van der Waals surface area contributed by atoms with Gasteiger partial charge in [0.1, 0.15) is 0 Å². The summed E-state index contributed by atoms with van der Waals surface area (Å²) < 4.78 is 24.6. The fourth-order valence-corrected chi connectivity index (χ4v) is 6.87. The lowest BCUT2D eigenvalue weighted by atomic mass is 9.70. The Morgan fingerprint density at radius 2 is 1.66 bits per heavy atom. The molecule has 32 heavy (non-hydrogen) atoms. The van der Waals surface area contributed by atoms with Crippen molar-refractivity contribution in [3.05, 3.63) is 87.5 Å². The van der Waals surface area contributed by atoms with Gasteiger partial charge < -0.3 is 4.90 Å². The second kappa shape index (κ2) is 6.76. The van der Waals surface area contributed by atoms with Crippen molar-refractivity contribution in [2.24, 2.45) is 17.0 Å². The van der Waals surface area contributed by atoms with Crippen LogP contribution in [0.3, 0.4) is 0 Å². The zero-order chi connectivity index (χ0) is 22.2. The van der Waals surface area contributed by atoms with Crippen LogP contribution in [0.15, 0.2) is 65.6 Å². The third kappa shape index (κ3) is 2.79. The molecular weight excluding hydrogens is 426 g/mol. The van der Waals surface area contributed by atoms with Crippen LogP contribution in [0.2, 0.25) is 0 Å². The standard InChI is InChI=1S/C24H23N3O4S/c25-32(30,31)17-11-21-18-4-1-3-15(18)13-26-23(14-7-9-16(10-8-14)27(28)29)20-6-2-5-19(20)22(12-17)24(21)26/h1-2,4-5,7-12,15,18-20,23H,3,6,13H2,(H2,25,30,31)/t15-,18+,19+,20-,23+/m1/s1. The van der Waals surface area contributed by atoms with Gasteiger partial charge in [-0.25, -0.2) is 13.6 Å². The fraction of sp³-hybridized carbons (Fsp3) is 0.333. The minimum Gasteiger partial charge on any atom is -0.363 e. The predicted molar refractivity (Wildman–Crippen MR) is 121 cm³/mol. The molecule has 2 heterocycles. The van der Waals surface area contributed by atoms with Crippen molar-refractivity contribution < 1.29 is 13.3 Å². The maximum atomic E-state index is 12.3. The third-order valence-electron chi connectivity index (χ3n) is 7.60. The number of non-ortho nitro benzene ring substituents is 1. The highest BCUT2D eigenvalue weighted by Gasteiger charge is 2.48. The van der Waals surface area contributed by atoms with E-state index in [0.717, 1.165) is 41.8 Å². The Morgan fingerprint density at radius 3 is 2.34 bits per heavy atom. The molecule has 0 radical (unpaired) electrons. The zero-order valence-electron chi connectivity index (χ0n) is 17.3. The van der Waals surface area contributed by atoms with E-state index in [9.17, 15) is 18.5 Å². The lowest BCUT2D eigenvalue weighted by Crippen LogP contribution is -2.46. The number of benzene rings is 2. The van der Waals surface area contributed by atoms with Gasteiger partial charge in [0, 0.05) is 36.2 Å². The second-order valence-corrected chi connectivity index (χ2v) is 10.8. The van der Waals surface area contributed by atoms with E-state index in [0.29, 0.717) is 5.92 Å². The summed E-state index contributed by atoms with van der Waals surface area (Å²) in [5.41, 5.74) is 4.32. The van der Waals surface area contributed by atoms with Gasteiger partial charge >= 0.3 is 0 Å². The lowest BCUT2D eigenvalue weighted by molar-refractivity contribution is -0.384. The average Bonchev–Trinajstić information content (AvgIpc) is 3.43. The molecule has 7 nitrogen and oxygen atoms in total. The SMILES string of the molecule is NS(=O)(=O)c1cc2c3c(c1)[C@H]1C=CC[C@H]1[C@H](c1ccc([N+](=O)[O-])cc1)N3C[C@H]1CC=C[C@H]21. The van der Waals surface area contributed by atoms with E-state index in [2.05, 4.69) is 29.2 Å². The van der Waals surface area contributed by atoms with E-state index in [1.54, 1.807) is 24.3 Å². The quantitative estimate of drug-likeness (QED) is 0.431. The highest BCUT2D eigenvalue weighted by atomic mass is 32.2. The van der Waals surface area contributed by atoms with Gasteiger partial charge in [0.15, 0.2) is 0 Å². The highest BCUT2D eigenvalue weighted by molar-refractivity contribution is 7.89. The molecule has 0 saturated carbocycles. The van der Waals surface area contributed by atoms with Crippen LogP contribution in [0.1, 0.15) is 47.4 Å². The molecule has 0 fully saturated rings. The number of nitro benzene ring substituents is 1. The van der Waals surface area contributed by atoms with E-state index in [1.807, 2.05) is 12.1 Å². The van der Waals surface area contributed by atoms with Gasteiger partial charge in [-0.3, -0.25) is 10.1 Å². The zero-order valence-corrected chi connectivity index (χ0v) is 18.1. The molecule has 0 unspecified atom stereocenters. The third-order valence-corrected chi connectivity index (χ3v) is 8.49. The minimum atomic E-state index is -3.83. The molecule has 5 atom stereocenters. The van der Waals surface area contributed by atoms with Gasteiger partial charge in [0.2, 0.25) is 10.0 Å². The van der Waals surface area contributed by atoms with Gasteiger partial charge in [-0.15, -0.1) is 0 Å². The number of fused-ring (bicyclic) bond motifs is 4. The van der Waals surface area contributed by atoms with Crippen LogP contribution >= 0.6 is 0 Å². The molecule has 0 aromatic heterocycles. The molecule has 0 amide bonds. The van der Waals surface area contributed by atoms with Crippen LogP contribution in [0, 0.1) is 22.0 Å².